The predicted molar refractivity (Wildman–Crippen MR) is 129 cm³/mol. The van der Waals surface area contributed by atoms with Gasteiger partial charge in [-0.1, -0.05) is 62.1 Å². The maximum absolute atomic E-state index is 12.6. The zero-order chi connectivity index (χ0) is 22.4. The largest absolute Gasteiger partial charge is 0.497 e. The van der Waals surface area contributed by atoms with Gasteiger partial charge in [0.2, 0.25) is 0 Å². The summed E-state index contributed by atoms with van der Waals surface area (Å²) in [7, 11) is 1.60. The van der Waals surface area contributed by atoms with Gasteiger partial charge in [-0.3, -0.25) is 9.69 Å². The van der Waals surface area contributed by atoms with Crippen molar-refractivity contribution in [1.82, 2.24) is 4.90 Å². The van der Waals surface area contributed by atoms with Crippen LogP contribution in [0.5, 0.6) is 11.5 Å². The summed E-state index contributed by atoms with van der Waals surface area (Å²) >= 11 is 6.63. The van der Waals surface area contributed by atoms with Crippen molar-refractivity contribution in [1.29, 1.82) is 0 Å². The quantitative estimate of drug-likeness (QED) is 0.249. The Kier molecular flexibility index (Phi) is 7.65. The third-order valence-corrected chi connectivity index (χ3v) is 5.72. The summed E-state index contributed by atoms with van der Waals surface area (Å²) in [4.78, 5) is 26.9. The van der Waals surface area contributed by atoms with E-state index in [-0.39, 0.29) is 5.91 Å². The summed E-state index contributed by atoms with van der Waals surface area (Å²) in [5.41, 5.74) is 1.70. The molecule has 0 bridgehead atoms. The molecule has 0 N–H and O–H groups in total. The minimum Gasteiger partial charge on any atom is -0.497 e. The lowest BCUT2D eigenvalue weighted by atomic mass is 10.2. The van der Waals surface area contributed by atoms with Gasteiger partial charge in [0.25, 0.3) is 5.91 Å². The SMILES string of the molecule is COc1ccc(/C=C/C(=O)Oc2ccc(/C=C3/SC(=S)N(CC(C)C)C3=O)cc2)cc1. The summed E-state index contributed by atoms with van der Waals surface area (Å²) in [6, 6.07) is 14.3. The van der Waals surface area contributed by atoms with Gasteiger partial charge in [0.15, 0.2) is 0 Å². The molecule has 1 amide bonds. The standard InChI is InChI=1S/C24H23NO4S2/c1-16(2)15-25-23(27)21(31-24(25)30)14-18-6-11-20(12-7-18)29-22(26)13-8-17-4-9-19(28-3)10-5-17/h4-14,16H,15H2,1-3H3/b13-8+,21-14+. The molecule has 160 valence electrons. The number of thiocarbonyl (C=S) groups is 1. The Balaban J connectivity index is 1.60. The van der Waals surface area contributed by atoms with Gasteiger partial charge in [0.1, 0.15) is 15.8 Å². The van der Waals surface area contributed by atoms with Crippen molar-refractivity contribution in [3.63, 3.8) is 0 Å². The second-order valence-electron chi connectivity index (χ2n) is 7.28. The molecule has 1 fully saturated rings. The van der Waals surface area contributed by atoms with E-state index in [4.69, 9.17) is 21.7 Å². The molecule has 7 heteroatoms. The number of methoxy groups -OCH3 is 1. The number of carbonyl (C=O) groups excluding carboxylic acids is 2. The topological polar surface area (TPSA) is 55.8 Å². The summed E-state index contributed by atoms with van der Waals surface area (Å²) < 4.78 is 11.0. The number of nitrogens with zero attached hydrogens (tertiary/aromatic N) is 1. The van der Waals surface area contributed by atoms with E-state index in [0.29, 0.717) is 27.4 Å². The summed E-state index contributed by atoms with van der Waals surface area (Å²) in [5, 5.41) is 0. The first kappa shape index (κ1) is 22.8. The molecule has 0 saturated carbocycles. The number of carbonyl (C=O) groups is 2. The van der Waals surface area contributed by atoms with Crippen molar-refractivity contribution in [2.24, 2.45) is 5.92 Å². The minimum atomic E-state index is -0.474. The van der Waals surface area contributed by atoms with Crippen LogP contribution >= 0.6 is 24.0 Å². The number of amides is 1. The fraction of sp³-hybridized carbons (Fsp3) is 0.208. The average molecular weight is 454 g/mol. The lowest BCUT2D eigenvalue weighted by molar-refractivity contribution is -0.129. The molecule has 0 aromatic heterocycles. The molecule has 0 spiro atoms. The first-order chi connectivity index (χ1) is 14.9. The number of esters is 1. The van der Waals surface area contributed by atoms with Crippen molar-refractivity contribution in [2.75, 3.05) is 13.7 Å². The molecule has 1 heterocycles. The number of thioether (sulfide) groups is 1. The second-order valence-corrected chi connectivity index (χ2v) is 8.96. The molecule has 1 aliphatic rings. The molecule has 1 aliphatic heterocycles. The van der Waals surface area contributed by atoms with Crippen molar-refractivity contribution < 1.29 is 19.1 Å². The van der Waals surface area contributed by atoms with E-state index in [1.54, 1.807) is 48.4 Å². The van der Waals surface area contributed by atoms with Crippen LogP contribution in [0.2, 0.25) is 0 Å². The first-order valence-corrected chi connectivity index (χ1v) is 11.0. The molecule has 5 nitrogen and oxygen atoms in total. The summed E-state index contributed by atoms with van der Waals surface area (Å²) in [6.07, 6.45) is 4.85. The molecule has 1 saturated heterocycles. The summed E-state index contributed by atoms with van der Waals surface area (Å²) in [5.74, 6) is 0.978. The molecule has 2 aromatic carbocycles. The van der Waals surface area contributed by atoms with Gasteiger partial charge in [-0.2, -0.15) is 0 Å². The number of ether oxygens (including phenoxy) is 2. The van der Waals surface area contributed by atoms with E-state index in [0.717, 1.165) is 16.9 Å². The molecule has 0 radical (unpaired) electrons. The van der Waals surface area contributed by atoms with Crippen LogP contribution in [0.15, 0.2) is 59.5 Å². The van der Waals surface area contributed by atoms with E-state index >= 15 is 0 Å². The Bertz CT molecular complexity index is 1020. The summed E-state index contributed by atoms with van der Waals surface area (Å²) in [6.45, 7) is 4.71. The molecular weight excluding hydrogens is 430 g/mol. The fourth-order valence-electron chi connectivity index (χ4n) is 2.84. The van der Waals surface area contributed by atoms with E-state index in [1.807, 2.05) is 24.3 Å². The van der Waals surface area contributed by atoms with E-state index in [1.165, 1.54) is 17.8 Å². The van der Waals surface area contributed by atoms with Crippen LogP contribution in [0.1, 0.15) is 25.0 Å². The highest BCUT2D eigenvalue weighted by atomic mass is 32.2. The van der Waals surface area contributed by atoms with Crippen LogP contribution < -0.4 is 9.47 Å². The highest BCUT2D eigenvalue weighted by Gasteiger charge is 2.32. The fourth-order valence-corrected chi connectivity index (χ4v) is 4.11. The van der Waals surface area contributed by atoms with Gasteiger partial charge in [-0.05, 0) is 53.5 Å². The van der Waals surface area contributed by atoms with Gasteiger partial charge >= 0.3 is 5.97 Å². The molecule has 31 heavy (non-hydrogen) atoms. The van der Waals surface area contributed by atoms with Crippen molar-refractivity contribution in [3.8, 4) is 11.5 Å². The first-order valence-electron chi connectivity index (χ1n) is 9.75. The Labute approximate surface area is 191 Å². The molecule has 0 atom stereocenters. The van der Waals surface area contributed by atoms with E-state index in [2.05, 4.69) is 13.8 Å². The van der Waals surface area contributed by atoms with Gasteiger partial charge < -0.3 is 9.47 Å². The van der Waals surface area contributed by atoms with Crippen LogP contribution in [0.3, 0.4) is 0 Å². The van der Waals surface area contributed by atoms with Gasteiger partial charge in [-0.15, -0.1) is 0 Å². The van der Waals surface area contributed by atoms with Crippen LogP contribution in [0, 0.1) is 5.92 Å². The van der Waals surface area contributed by atoms with Crippen molar-refractivity contribution in [3.05, 3.63) is 70.6 Å². The van der Waals surface area contributed by atoms with Crippen molar-refractivity contribution >= 4 is 52.3 Å². The molecule has 2 aromatic rings. The lowest BCUT2D eigenvalue weighted by Crippen LogP contribution is -2.31. The highest BCUT2D eigenvalue weighted by molar-refractivity contribution is 8.26. The Morgan fingerprint density at radius 3 is 2.29 bits per heavy atom. The molecule has 0 unspecified atom stereocenters. The van der Waals surface area contributed by atoms with Gasteiger partial charge in [0.05, 0.1) is 12.0 Å². The predicted octanol–water partition coefficient (Wildman–Crippen LogP) is 5.17. The number of hydrogen-bond acceptors (Lipinski definition) is 6. The Morgan fingerprint density at radius 1 is 1.06 bits per heavy atom. The monoisotopic (exact) mass is 453 g/mol. The number of benzene rings is 2. The minimum absolute atomic E-state index is 0.0668. The third-order valence-electron chi connectivity index (χ3n) is 4.35. The molecule has 3 rings (SSSR count). The second kappa shape index (κ2) is 10.4. The van der Waals surface area contributed by atoms with Crippen LogP contribution in [0.25, 0.3) is 12.2 Å². The van der Waals surface area contributed by atoms with Gasteiger partial charge in [0, 0.05) is 12.6 Å². The smallest absolute Gasteiger partial charge is 0.336 e. The Hall–Kier alpha value is -2.90. The normalized spacial score (nSPS) is 15.4. The maximum atomic E-state index is 12.6. The van der Waals surface area contributed by atoms with Crippen LogP contribution in [-0.4, -0.2) is 34.8 Å². The number of rotatable bonds is 7. The molecule has 0 aliphatic carbocycles. The van der Waals surface area contributed by atoms with E-state index in [9.17, 15) is 9.59 Å². The zero-order valence-corrected chi connectivity index (χ0v) is 19.2. The van der Waals surface area contributed by atoms with Gasteiger partial charge in [-0.25, -0.2) is 4.79 Å². The molecular formula is C24H23NO4S2. The highest BCUT2D eigenvalue weighted by Crippen LogP contribution is 2.33. The van der Waals surface area contributed by atoms with E-state index < -0.39 is 5.97 Å². The van der Waals surface area contributed by atoms with Crippen molar-refractivity contribution in [2.45, 2.75) is 13.8 Å². The van der Waals surface area contributed by atoms with Crippen LogP contribution in [0.4, 0.5) is 0 Å². The zero-order valence-electron chi connectivity index (χ0n) is 17.5. The number of hydrogen-bond donors (Lipinski definition) is 0. The Morgan fingerprint density at radius 2 is 1.68 bits per heavy atom. The maximum Gasteiger partial charge on any atom is 0.336 e. The third kappa shape index (κ3) is 6.29. The lowest BCUT2D eigenvalue weighted by Gasteiger charge is -2.16. The van der Waals surface area contributed by atoms with Crippen LogP contribution in [-0.2, 0) is 9.59 Å². The average Bonchev–Trinajstić information content (AvgIpc) is 3.01.